The molecule has 1 aliphatic carbocycles. The minimum Gasteiger partial charge on any atom is -0.387 e. The Labute approximate surface area is 85.2 Å². The molecular formula is C8H15FO6. The smallest absolute Gasteiger partial charge is 0.124 e. The normalized spacial score (nSPS) is 51.8. The van der Waals surface area contributed by atoms with Gasteiger partial charge in [-0.1, -0.05) is 0 Å². The average Bonchev–Trinajstić information content (AvgIpc) is 2.22. The van der Waals surface area contributed by atoms with Gasteiger partial charge in [-0.3, -0.25) is 4.39 Å². The van der Waals surface area contributed by atoms with Gasteiger partial charge in [0.15, 0.2) is 0 Å². The first-order chi connectivity index (χ1) is 6.86. The minimum absolute atomic E-state index is 0.643. The van der Waals surface area contributed by atoms with E-state index in [4.69, 9.17) is 5.11 Å². The van der Waals surface area contributed by atoms with Crippen LogP contribution in [0.25, 0.3) is 0 Å². The number of aliphatic hydroxyl groups excluding tert-OH is 5. The Bertz CT molecular complexity index is 209. The van der Waals surface area contributed by atoms with Crippen LogP contribution in [0.1, 0.15) is 6.42 Å². The second-order valence-corrected chi connectivity index (χ2v) is 3.79. The van der Waals surface area contributed by atoms with Crippen molar-refractivity contribution in [2.75, 3.05) is 6.67 Å². The summed E-state index contributed by atoms with van der Waals surface area (Å²) in [4.78, 5) is 0. The third-order valence-corrected chi connectivity index (χ3v) is 2.87. The van der Waals surface area contributed by atoms with E-state index in [1.54, 1.807) is 0 Å². The van der Waals surface area contributed by atoms with Crippen LogP contribution in [0, 0.1) is 0 Å². The standard InChI is InChI=1S/C8H15FO6/c9-2-1-8(15)6(13)4(11)3(10)5(12)7(8)14/h3-7,10-15H,1-2H2. The zero-order valence-corrected chi connectivity index (χ0v) is 7.86. The van der Waals surface area contributed by atoms with Crippen LogP contribution in [0.2, 0.25) is 0 Å². The van der Waals surface area contributed by atoms with E-state index in [1.165, 1.54) is 0 Å². The van der Waals surface area contributed by atoms with Crippen LogP contribution < -0.4 is 0 Å². The monoisotopic (exact) mass is 226 g/mol. The van der Waals surface area contributed by atoms with E-state index in [9.17, 15) is 29.9 Å². The Balaban J connectivity index is 2.95. The van der Waals surface area contributed by atoms with Gasteiger partial charge in [0.1, 0.15) is 36.1 Å². The van der Waals surface area contributed by atoms with Crippen LogP contribution in [-0.4, -0.2) is 73.4 Å². The van der Waals surface area contributed by atoms with Gasteiger partial charge in [-0.2, -0.15) is 0 Å². The molecule has 0 saturated heterocycles. The first-order valence-corrected chi connectivity index (χ1v) is 4.55. The van der Waals surface area contributed by atoms with Gasteiger partial charge in [0.25, 0.3) is 0 Å². The number of hydrogen-bond acceptors (Lipinski definition) is 6. The highest BCUT2D eigenvalue weighted by molar-refractivity contribution is 5.08. The van der Waals surface area contributed by atoms with E-state index in [0.717, 1.165) is 0 Å². The van der Waals surface area contributed by atoms with Gasteiger partial charge in [0, 0.05) is 6.42 Å². The van der Waals surface area contributed by atoms with Crippen molar-refractivity contribution in [3.05, 3.63) is 0 Å². The van der Waals surface area contributed by atoms with Gasteiger partial charge in [-0.05, 0) is 0 Å². The van der Waals surface area contributed by atoms with E-state index in [2.05, 4.69) is 0 Å². The summed E-state index contributed by atoms with van der Waals surface area (Å²) in [7, 11) is 0. The number of rotatable bonds is 2. The molecule has 7 heteroatoms. The van der Waals surface area contributed by atoms with Crippen molar-refractivity contribution in [1.82, 2.24) is 0 Å². The first-order valence-electron chi connectivity index (χ1n) is 4.55. The van der Waals surface area contributed by atoms with Gasteiger partial charge in [-0.15, -0.1) is 0 Å². The first kappa shape index (κ1) is 12.8. The molecule has 90 valence electrons. The summed E-state index contributed by atoms with van der Waals surface area (Å²) in [6.45, 7) is -1.04. The van der Waals surface area contributed by atoms with Crippen molar-refractivity contribution in [3.8, 4) is 0 Å². The Morgan fingerprint density at radius 2 is 1.27 bits per heavy atom. The molecule has 0 amide bonds. The topological polar surface area (TPSA) is 121 Å². The lowest BCUT2D eigenvalue weighted by Gasteiger charge is -2.47. The van der Waals surface area contributed by atoms with Gasteiger partial charge < -0.3 is 30.6 Å². The fraction of sp³-hybridized carbons (Fsp3) is 1.00. The van der Waals surface area contributed by atoms with Crippen molar-refractivity contribution in [3.63, 3.8) is 0 Å². The van der Waals surface area contributed by atoms with E-state index in [1.807, 2.05) is 0 Å². The lowest BCUT2D eigenvalue weighted by Crippen LogP contribution is -2.70. The van der Waals surface area contributed by atoms with Crippen molar-refractivity contribution < 1.29 is 35.0 Å². The molecule has 1 saturated carbocycles. The maximum absolute atomic E-state index is 12.1. The zero-order valence-electron chi connectivity index (χ0n) is 7.86. The highest BCUT2D eigenvalue weighted by Gasteiger charge is 2.57. The molecule has 1 fully saturated rings. The molecule has 6 nitrogen and oxygen atoms in total. The van der Waals surface area contributed by atoms with Crippen molar-refractivity contribution in [2.24, 2.45) is 0 Å². The highest BCUT2D eigenvalue weighted by Crippen LogP contribution is 2.32. The molecule has 0 bridgehead atoms. The molecule has 1 rings (SSSR count). The predicted octanol–water partition coefficient (Wildman–Crippen LogP) is -3.10. The summed E-state index contributed by atoms with van der Waals surface area (Å²) in [5, 5.41) is 56.1. The number of hydrogen-bond donors (Lipinski definition) is 6. The van der Waals surface area contributed by atoms with Crippen LogP contribution in [0.4, 0.5) is 4.39 Å². The van der Waals surface area contributed by atoms with Gasteiger partial charge in [0.2, 0.25) is 0 Å². The zero-order chi connectivity index (χ0) is 11.8. The predicted molar refractivity (Wildman–Crippen MR) is 45.6 cm³/mol. The molecule has 0 aliphatic heterocycles. The van der Waals surface area contributed by atoms with Crippen molar-refractivity contribution in [1.29, 1.82) is 0 Å². The third kappa shape index (κ3) is 1.86. The number of alkyl halides is 1. The molecule has 0 aromatic heterocycles. The Morgan fingerprint density at radius 3 is 1.60 bits per heavy atom. The van der Waals surface area contributed by atoms with Crippen molar-refractivity contribution in [2.45, 2.75) is 42.5 Å². The van der Waals surface area contributed by atoms with E-state index < -0.39 is 49.2 Å². The summed E-state index contributed by atoms with van der Waals surface area (Å²) in [6, 6.07) is 0. The summed E-state index contributed by atoms with van der Waals surface area (Å²) >= 11 is 0. The van der Waals surface area contributed by atoms with Gasteiger partial charge >= 0.3 is 0 Å². The molecule has 4 atom stereocenters. The van der Waals surface area contributed by atoms with Crippen LogP contribution in [0.5, 0.6) is 0 Å². The Morgan fingerprint density at radius 1 is 0.867 bits per heavy atom. The molecule has 0 radical (unpaired) electrons. The molecule has 0 spiro atoms. The van der Waals surface area contributed by atoms with Crippen LogP contribution in [0.15, 0.2) is 0 Å². The fourth-order valence-electron chi connectivity index (χ4n) is 1.79. The quantitative estimate of drug-likeness (QED) is 0.296. The Hall–Kier alpha value is -0.310. The Kier molecular flexibility index (Phi) is 3.64. The molecule has 4 unspecified atom stereocenters. The molecule has 0 heterocycles. The number of halogens is 1. The third-order valence-electron chi connectivity index (χ3n) is 2.87. The molecule has 0 aromatic rings. The summed E-state index contributed by atoms with van der Waals surface area (Å²) < 4.78 is 12.1. The van der Waals surface area contributed by atoms with E-state index >= 15 is 0 Å². The van der Waals surface area contributed by atoms with E-state index in [-0.39, 0.29) is 0 Å². The van der Waals surface area contributed by atoms with Crippen molar-refractivity contribution >= 4 is 0 Å². The molecular weight excluding hydrogens is 211 g/mol. The lowest BCUT2D eigenvalue weighted by molar-refractivity contribution is -0.270. The van der Waals surface area contributed by atoms with Crippen LogP contribution in [0.3, 0.4) is 0 Å². The molecule has 0 aromatic carbocycles. The average molecular weight is 226 g/mol. The molecule has 1 aliphatic rings. The largest absolute Gasteiger partial charge is 0.387 e. The summed E-state index contributed by atoms with van der Waals surface area (Å²) in [6.07, 6.45) is -9.92. The SMILES string of the molecule is OC1C(O)C(O)C(O)(CCF)C(O)C1O. The summed E-state index contributed by atoms with van der Waals surface area (Å²) in [5.41, 5.74) is -2.35. The van der Waals surface area contributed by atoms with Crippen LogP contribution >= 0.6 is 0 Å². The van der Waals surface area contributed by atoms with E-state index in [0.29, 0.717) is 0 Å². The van der Waals surface area contributed by atoms with Crippen LogP contribution in [-0.2, 0) is 0 Å². The minimum atomic E-state index is -2.35. The highest BCUT2D eigenvalue weighted by atomic mass is 19.1. The van der Waals surface area contributed by atoms with Gasteiger partial charge in [0.05, 0.1) is 6.67 Å². The summed E-state index contributed by atoms with van der Waals surface area (Å²) in [5.74, 6) is 0. The van der Waals surface area contributed by atoms with Gasteiger partial charge in [-0.25, -0.2) is 0 Å². The fourth-order valence-corrected chi connectivity index (χ4v) is 1.79. The second kappa shape index (κ2) is 4.28. The second-order valence-electron chi connectivity index (χ2n) is 3.79. The lowest BCUT2D eigenvalue weighted by atomic mass is 9.73. The number of aliphatic hydroxyl groups is 6. The maximum Gasteiger partial charge on any atom is 0.124 e. The maximum atomic E-state index is 12.1. The molecule has 15 heavy (non-hydrogen) atoms. The molecule has 6 N–H and O–H groups in total.